The number of hydrogen-bond donors (Lipinski definition) is 1. The SMILES string of the molecule is COc1ccccc1NC(=O)Cn1nc2c(SC3CCCCC3)nccn2c1=O. The molecule has 1 amide bonds. The predicted molar refractivity (Wildman–Crippen MR) is 112 cm³/mol. The van der Waals surface area contributed by atoms with E-state index in [0.717, 1.165) is 17.9 Å². The molecule has 1 aliphatic carbocycles. The van der Waals surface area contributed by atoms with Crippen molar-refractivity contribution in [2.24, 2.45) is 0 Å². The number of nitrogens with zero attached hydrogens (tertiary/aromatic N) is 4. The summed E-state index contributed by atoms with van der Waals surface area (Å²) in [5.74, 6) is 0.202. The molecule has 152 valence electrons. The Hall–Kier alpha value is -2.81. The van der Waals surface area contributed by atoms with E-state index in [1.165, 1.54) is 35.5 Å². The van der Waals surface area contributed by atoms with Crippen molar-refractivity contribution in [3.05, 3.63) is 47.1 Å². The van der Waals surface area contributed by atoms with Crippen LogP contribution in [0.2, 0.25) is 0 Å². The molecule has 0 radical (unpaired) electrons. The summed E-state index contributed by atoms with van der Waals surface area (Å²) in [5.41, 5.74) is 0.688. The molecule has 8 nitrogen and oxygen atoms in total. The van der Waals surface area contributed by atoms with Gasteiger partial charge in [-0.15, -0.1) is 5.10 Å². The van der Waals surface area contributed by atoms with Gasteiger partial charge in [0.05, 0.1) is 12.8 Å². The van der Waals surface area contributed by atoms with Crippen molar-refractivity contribution in [2.75, 3.05) is 12.4 Å². The number of aromatic nitrogens is 4. The second-order valence-corrected chi connectivity index (χ2v) is 8.28. The van der Waals surface area contributed by atoms with E-state index >= 15 is 0 Å². The second kappa shape index (κ2) is 8.69. The Morgan fingerprint density at radius 3 is 2.86 bits per heavy atom. The van der Waals surface area contributed by atoms with E-state index in [9.17, 15) is 9.59 Å². The highest BCUT2D eigenvalue weighted by molar-refractivity contribution is 8.00. The van der Waals surface area contributed by atoms with Crippen LogP contribution in [0.5, 0.6) is 5.75 Å². The number of benzene rings is 1. The lowest BCUT2D eigenvalue weighted by Gasteiger charge is -2.20. The molecule has 1 fully saturated rings. The third-order valence-electron chi connectivity index (χ3n) is 4.97. The number of fused-ring (bicyclic) bond motifs is 1. The molecule has 0 aliphatic heterocycles. The van der Waals surface area contributed by atoms with E-state index in [1.54, 1.807) is 42.4 Å². The molecule has 4 rings (SSSR count). The van der Waals surface area contributed by atoms with Crippen LogP contribution in [0.1, 0.15) is 32.1 Å². The van der Waals surface area contributed by atoms with Gasteiger partial charge in [0, 0.05) is 17.6 Å². The van der Waals surface area contributed by atoms with Gasteiger partial charge in [-0.3, -0.25) is 4.79 Å². The van der Waals surface area contributed by atoms with Gasteiger partial charge in [0.25, 0.3) is 0 Å². The number of rotatable bonds is 6. The van der Waals surface area contributed by atoms with E-state index in [-0.39, 0.29) is 18.1 Å². The number of thioether (sulfide) groups is 1. The highest BCUT2D eigenvalue weighted by atomic mass is 32.2. The molecule has 0 saturated heterocycles. The average molecular weight is 414 g/mol. The standard InChI is InChI=1S/C20H23N5O3S/c1-28-16-10-6-5-9-15(16)22-17(26)13-25-20(27)24-12-11-21-19(18(24)23-25)29-14-7-3-2-4-8-14/h5-6,9-12,14H,2-4,7-8,13H2,1H3,(H,22,26). The van der Waals surface area contributed by atoms with Crippen molar-refractivity contribution in [1.29, 1.82) is 0 Å². The van der Waals surface area contributed by atoms with Gasteiger partial charge in [0.15, 0.2) is 5.65 Å². The van der Waals surface area contributed by atoms with Gasteiger partial charge in [-0.25, -0.2) is 18.9 Å². The van der Waals surface area contributed by atoms with E-state index in [1.807, 2.05) is 6.07 Å². The van der Waals surface area contributed by atoms with Crippen LogP contribution in [0, 0.1) is 0 Å². The highest BCUT2D eigenvalue weighted by Gasteiger charge is 2.20. The first-order chi connectivity index (χ1) is 14.2. The lowest BCUT2D eigenvalue weighted by Crippen LogP contribution is -2.28. The van der Waals surface area contributed by atoms with Gasteiger partial charge >= 0.3 is 5.69 Å². The number of ether oxygens (including phenoxy) is 1. The van der Waals surface area contributed by atoms with Gasteiger partial charge < -0.3 is 10.1 Å². The Labute approximate surface area is 172 Å². The molecule has 1 N–H and O–H groups in total. The molecule has 2 heterocycles. The zero-order valence-electron chi connectivity index (χ0n) is 16.2. The molecule has 0 bridgehead atoms. The van der Waals surface area contributed by atoms with Crippen molar-refractivity contribution in [1.82, 2.24) is 19.2 Å². The minimum Gasteiger partial charge on any atom is -0.495 e. The van der Waals surface area contributed by atoms with Crippen molar-refractivity contribution in [2.45, 2.75) is 48.9 Å². The fourth-order valence-electron chi connectivity index (χ4n) is 3.53. The maximum atomic E-state index is 12.7. The van der Waals surface area contributed by atoms with E-state index in [4.69, 9.17) is 4.74 Å². The zero-order valence-corrected chi connectivity index (χ0v) is 17.0. The number of anilines is 1. The maximum Gasteiger partial charge on any atom is 0.350 e. The summed E-state index contributed by atoms with van der Waals surface area (Å²) in [7, 11) is 1.54. The van der Waals surface area contributed by atoms with Crippen LogP contribution < -0.4 is 15.7 Å². The molecular formula is C20H23N5O3S. The van der Waals surface area contributed by atoms with Gasteiger partial charge in [-0.1, -0.05) is 43.2 Å². The maximum absolute atomic E-state index is 12.7. The van der Waals surface area contributed by atoms with Gasteiger partial charge in [0.1, 0.15) is 17.3 Å². The topological polar surface area (TPSA) is 90.5 Å². The fourth-order valence-corrected chi connectivity index (χ4v) is 4.78. The number of methoxy groups -OCH3 is 1. The highest BCUT2D eigenvalue weighted by Crippen LogP contribution is 2.33. The normalized spacial score (nSPS) is 14.8. The number of para-hydroxylation sites is 2. The van der Waals surface area contributed by atoms with Crippen molar-refractivity contribution in [3.63, 3.8) is 0 Å². The molecule has 29 heavy (non-hydrogen) atoms. The molecule has 0 unspecified atom stereocenters. The third kappa shape index (κ3) is 4.29. The monoisotopic (exact) mass is 413 g/mol. The summed E-state index contributed by atoms with van der Waals surface area (Å²) in [6, 6.07) is 7.12. The average Bonchev–Trinajstić information content (AvgIpc) is 3.06. The van der Waals surface area contributed by atoms with Crippen LogP contribution in [-0.4, -0.2) is 37.4 Å². The fraction of sp³-hybridized carbons (Fsp3) is 0.400. The largest absolute Gasteiger partial charge is 0.495 e. The van der Waals surface area contributed by atoms with Crippen LogP contribution in [0.15, 0.2) is 46.5 Å². The first kappa shape index (κ1) is 19.5. The van der Waals surface area contributed by atoms with E-state index < -0.39 is 0 Å². The second-order valence-electron chi connectivity index (χ2n) is 6.99. The minimum atomic E-state index is -0.358. The van der Waals surface area contributed by atoms with Crippen molar-refractivity contribution < 1.29 is 9.53 Å². The first-order valence-electron chi connectivity index (χ1n) is 9.69. The van der Waals surface area contributed by atoms with E-state index in [2.05, 4.69) is 15.4 Å². The summed E-state index contributed by atoms with van der Waals surface area (Å²) in [6.45, 7) is -0.188. The Morgan fingerprint density at radius 2 is 2.07 bits per heavy atom. The summed E-state index contributed by atoms with van der Waals surface area (Å²) in [4.78, 5) is 29.6. The lowest BCUT2D eigenvalue weighted by atomic mass is 10.0. The molecule has 3 aromatic rings. The van der Waals surface area contributed by atoms with Crippen LogP contribution >= 0.6 is 11.8 Å². The zero-order chi connectivity index (χ0) is 20.2. The van der Waals surface area contributed by atoms with E-state index in [0.29, 0.717) is 22.3 Å². The number of carbonyl (C=O) groups is 1. The Bertz CT molecular complexity index is 1070. The summed E-state index contributed by atoms with van der Waals surface area (Å²) < 4.78 is 7.87. The molecule has 1 aromatic carbocycles. The number of nitrogens with one attached hydrogen (secondary N) is 1. The number of amides is 1. The Kier molecular flexibility index (Phi) is 5.84. The van der Waals surface area contributed by atoms with Crippen molar-refractivity contribution >= 4 is 29.0 Å². The van der Waals surface area contributed by atoms with Gasteiger partial charge in [-0.2, -0.15) is 0 Å². The molecule has 2 aromatic heterocycles. The molecular weight excluding hydrogens is 390 g/mol. The lowest BCUT2D eigenvalue weighted by molar-refractivity contribution is -0.117. The smallest absolute Gasteiger partial charge is 0.350 e. The van der Waals surface area contributed by atoms with Crippen LogP contribution in [0.4, 0.5) is 5.69 Å². The summed E-state index contributed by atoms with van der Waals surface area (Å²) in [5, 5.41) is 8.39. The van der Waals surface area contributed by atoms with Crippen LogP contribution in [0.25, 0.3) is 5.65 Å². The molecule has 0 atom stereocenters. The Balaban J connectivity index is 1.54. The third-order valence-corrected chi connectivity index (χ3v) is 6.29. The van der Waals surface area contributed by atoms with Crippen LogP contribution in [0.3, 0.4) is 0 Å². The van der Waals surface area contributed by atoms with Gasteiger partial charge in [0.2, 0.25) is 5.91 Å². The first-order valence-corrected chi connectivity index (χ1v) is 10.6. The van der Waals surface area contributed by atoms with Crippen molar-refractivity contribution in [3.8, 4) is 5.75 Å². The molecule has 0 spiro atoms. The number of hydrogen-bond acceptors (Lipinski definition) is 6. The summed E-state index contributed by atoms with van der Waals surface area (Å²) >= 11 is 1.68. The molecule has 9 heteroatoms. The quantitative estimate of drug-likeness (QED) is 0.668. The van der Waals surface area contributed by atoms with Gasteiger partial charge in [-0.05, 0) is 25.0 Å². The molecule has 1 saturated carbocycles. The predicted octanol–water partition coefficient (Wildman–Crippen LogP) is 2.96. The number of carbonyl (C=O) groups excluding carboxylic acids is 1. The summed E-state index contributed by atoms with van der Waals surface area (Å²) in [6.07, 6.45) is 9.24. The Morgan fingerprint density at radius 1 is 1.28 bits per heavy atom. The minimum absolute atomic E-state index is 0.188. The van der Waals surface area contributed by atoms with Crippen LogP contribution in [-0.2, 0) is 11.3 Å². The molecule has 1 aliphatic rings.